The van der Waals surface area contributed by atoms with Crippen LogP contribution in [0.3, 0.4) is 0 Å². The lowest BCUT2D eigenvalue weighted by Crippen LogP contribution is -2.09. The molecule has 0 fully saturated rings. The maximum atomic E-state index is 6.47. The van der Waals surface area contributed by atoms with E-state index in [9.17, 15) is 0 Å². The summed E-state index contributed by atoms with van der Waals surface area (Å²) in [7, 11) is 0. The fourth-order valence-electron chi connectivity index (χ4n) is 4.56. The summed E-state index contributed by atoms with van der Waals surface area (Å²) in [6.45, 7) is 0. The first-order valence-electron chi connectivity index (χ1n) is 12.4. The molecule has 6 rings (SSSR count). The first-order chi connectivity index (χ1) is 18.3. The topological polar surface area (TPSA) is 14.5 Å². The average molecular weight is 477 g/mol. The van der Waals surface area contributed by atoms with Gasteiger partial charge in [-0.15, -0.1) is 0 Å². The molecule has 0 saturated heterocycles. The van der Waals surface area contributed by atoms with E-state index in [-0.39, 0.29) is 0 Å². The minimum Gasteiger partial charge on any atom is -0.311 e. The summed E-state index contributed by atoms with van der Waals surface area (Å²) in [5.74, 6) is 1.67. The summed E-state index contributed by atoms with van der Waals surface area (Å²) >= 11 is 0. The van der Waals surface area contributed by atoms with Gasteiger partial charge in [-0.25, -0.2) is 4.42 Å². The molecule has 0 bridgehead atoms. The van der Waals surface area contributed by atoms with Gasteiger partial charge in [0.2, 0.25) is 0 Å². The van der Waals surface area contributed by atoms with E-state index in [1.165, 1.54) is 0 Å². The largest absolute Gasteiger partial charge is 0.361 e. The SMILES string of the molecule is c1ccc(-c2cc(-c3ccccc3)[o+]c(-c3ccc(N(c4ccccc4)c4ccccc4)cc3)c2)cc1. The molecule has 1 heterocycles. The number of hydrogen-bond acceptors (Lipinski definition) is 1. The van der Waals surface area contributed by atoms with Gasteiger partial charge < -0.3 is 4.90 Å². The molecule has 0 saturated carbocycles. The van der Waals surface area contributed by atoms with Crippen molar-refractivity contribution in [2.75, 3.05) is 4.90 Å². The van der Waals surface area contributed by atoms with Gasteiger partial charge in [-0.05, 0) is 66.2 Å². The van der Waals surface area contributed by atoms with Gasteiger partial charge in [0.05, 0.1) is 23.3 Å². The van der Waals surface area contributed by atoms with E-state index < -0.39 is 0 Å². The molecule has 37 heavy (non-hydrogen) atoms. The van der Waals surface area contributed by atoms with Gasteiger partial charge in [-0.2, -0.15) is 0 Å². The van der Waals surface area contributed by atoms with Crippen LogP contribution in [0.2, 0.25) is 0 Å². The lowest BCUT2D eigenvalue weighted by molar-refractivity contribution is 0.582. The van der Waals surface area contributed by atoms with Crippen LogP contribution in [0.5, 0.6) is 0 Å². The van der Waals surface area contributed by atoms with Crippen molar-refractivity contribution >= 4 is 17.1 Å². The first-order valence-corrected chi connectivity index (χ1v) is 12.4. The van der Waals surface area contributed by atoms with Gasteiger partial charge in [-0.1, -0.05) is 84.9 Å². The average Bonchev–Trinajstić information content (AvgIpc) is 2.99. The monoisotopic (exact) mass is 476 g/mol. The number of benzene rings is 5. The molecule has 0 amide bonds. The van der Waals surface area contributed by atoms with Crippen molar-refractivity contribution in [2.24, 2.45) is 0 Å². The quantitative estimate of drug-likeness (QED) is 0.222. The lowest BCUT2D eigenvalue weighted by Gasteiger charge is -2.25. The summed E-state index contributed by atoms with van der Waals surface area (Å²) in [5, 5.41) is 0. The fraction of sp³-hybridized carbons (Fsp3) is 0. The van der Waals surface area contributed by atoms with Crippen molar-refractivity contribution in [3.05, 3.63) is 158 Å². The van der Waals surface area contributed by atoms with E-state index in [0.29, 0.717) is 0 Å². The highest BCUT2D eigenvalue weighted by Crippen LogP contribution is 2.37. The number of anilines is 3. The van der Waals surface area contributed by atoms with Crippen LogP contribution in [0.15, 0.2) is 162 Å². The highest BCUT2D eigenvalue weighted by molar-refractivity contribution is 5.79. The van der Waals surface area contributed by atoms with Crippen LogP contribution >= 0.6 is 0 Å². The standard InChI is InChI=1S/C35H26NO/c1-5-13-27(14-6-1)30-25-34(28-15-7-2-8-16-28)37-35(26-30)29-21-23-33(24-22-29)36(31-17-9-3-10-18-31)32-19-11-4-12-20-32/h1-26H/q+1. The molecule has 6 aromatic rings. The van der Waals surface area contributed by atoms with Crippen molar-refractivity contribution in [1.29, 1.82) is 0 Å². The minimum atomic E-state index is 0.831. The Labute approximate surface area is 217 Å². The molecule has 176 valence electrons. The van der Waals surface area contributed by atoms with Gasteiger partial charge >= 0.3 is 11.5 Å². The van der Waals surface area contributed by atoms with Crippen molar-refractivity contribution in [3.8, 4) is 33.8 Å². The van der Waals surface area contributed by atoms with Crippen LogP contribution in [-0.2, 0) is 0 Å². The van der Waals surface area contributed by atoms with E-state index >= 15 is 0 Å². The molecule has 5 aromatic carbocycles. The Kier molecular flexibility index (Phi) is 6.30. The third-order valence-electron chi connectivity index (χ3n) is 6.40. The molecular weight excluding hydrogens is 450 g/mol. The van der Waals surface area contributed by atoms with Crippen molar-refractivity contribution in [3.63, 3.8) is 0 Å². The maximum absolute atomic E-state index is 6.47. The molecule has 0 N–H and O–H groups in total. The van der Waals surface area contributed by atoms with E-state index in [1.54, 1.807) is 0 Å². The van der Waals surface area contributed by atoms with Crippen LogP contribution in [0.1, 0.15) is 0 Å². The van der Waals surface area contributed by atoms with E-state index in [2.05, 4.69) is 126 Å². The van der Waals surface area contributed by atoms with Crippen LogP contribution in [0.4, 0.5) is 17.1 Å². The zero-order valence-electron chi connectivity index (χ0n) is 20.4. The molecule has 0 spiro atoms. The number of rotatable bonds is 6. The van der Waals surface area contributed by atoms with Gasteiger partial charge in [-0.3, -0.25) is 0 Å². The Morgan fingerprint density at radius 2 is 0.703 bits per heavy atom. The third-order valence-corrected chi connectivity index (χ3v) is 6.40. The van der Waals surface area contributed by atoms with Crippen LogP contribution in [0, 0.1) is 0 Å². The highest BCUT2D eigenvalue weighted by Gasteiger charge is 2.21. The molecule has 0 atom stereocenters. The number of para-hydroxylation sites is 2. The molecule has 0 aliphatic carbocycles. The Hall–Kier alpha value is -4.95. The Bertz CT molecular complexity index is 1480. The Morgan fingerprint density at radius 1 is 0.324 bits per heavy atom. The maximum Gasteiger partial charge on any atom is 0.361 e. The lowest BCUT2D eigenvalue weighted by atomic mass is 10.0. The highest BCUT2D eigenvalue weighted by atomic mass is 16.3. The second-order valence-electron chi connectivity index (χ2n) is 8.86. The molecule has 2 heteroatoms. The van der Waals surface area contributed by atoms with Crippen molar-refractivity contribution in [2.45, 2.75) is 0 Å². The van der Waals surface area contributed by atoms with Crippen LogP contribution in [0.25, 0.3) is 33.8 Å². The second-order valence-corrected chi connectivity index (χ2v) is 8.86. The smallest absolute Gasteiger partial charge is 0.311 e. The molecule has 1 aromatic heterocycles. The summed E-state index contributed by atoms with van der Waals surface area (Å²) in [6.07, 6.45) is 0. The molecular formula is C35H26NO+. The van der Waals surface area contributed by atoms with E-state index in [4.69, 9.17) is 4.42 Å². The predicted octanol–water partition coefficient (Wildman–Crippen LogP) is 10.0. The molecule has 0 aliphatic heterocycles. The van der Waals surface area contributed by atoms with E-state index in [0.717, 1.165) is 50.8 Å². The van der Waals surface area contributed by atoms with Gasteiger partial charge in [0.15, 0.2) is 0 Å². The number of hydrogen-bond donors (Lipinski definition) is 0. The molecule has 0 radical (unpaired) electrons. The van der Waals surface area contributed by atoms with Crippen LogP contribution in [-0.4, -0.2) is 0 Å². The van der Waals surface area contributed by atoms with Gasteiger partial charge in [0.1, 0.15) is 0 Å². The minimum absolute atomic E-state index is 0.831. The molecule has 2 nitrogen and oxygen atoms in total. The molecule has 0 unspecified atom stereocenters. The Balaban J connectivity index is 1.43. The van der Waals surface area contributed by atoms with Crippen molar-refractivity contribution < 1.29 is 4.42 Å². The van der Waals surface area contributed by atoms with Gasteiger partial charge in [0, 0.05) is 22.6 Å². The van der Waals surface area contributed by atoms with E-state index in [1.807, 2.05) is 36.4 Å². The summed E-state index contributed by atoms with van der Waals surface area (Å²) in [4.78, 5) is 2.26. The van der Waals surface area contributed by atoms with Crippen molar-refractivity contribution in [1.82, 2.24) is 0 Å². The zero-order valence-corrected chi connectivity index (χ0v) is 20.4. The normalized spacial score (nSPS) is 10.7. The second kappa shape index (κ2) is 10.3. The van der Waals surface area contributed by atoms with Crippen LogP contribution < -0.4 is 4.90 Å². The predicted molar refractivity (Wildman–Crippen MR) is 154 cm³/mol. The van der Waals surface area contributed by atoms with Gasteiger partial charge in [0.25, 0.3) is 0 Å². The summed E-state index contributed by atoms with van der Waals surface area (Å²) < 4.78 is 6.47. The summed E-state index contributed by atoms with van der Waals surface area (Å²) in [6, 6.07) is 54.4. The Morgan fingerprint density at radius 3 is 1.19 bits per heavy atom. The first kappa shape index (κ1) is 22.5. The number of nitrogens with zero attached hydrogens (tertiary/aromatic N) is 1. The third kappa shape index (κ3) is 4.91. The summed E-state index contributed by atoms with van der Waals surface area (Å²) in [5.41, 5.74) is 7.68. The fourth-order valence-corrected chi connectivity index (χ4v) is 4.56. The molecule has 0 aliphatic rings. The zero-order chi connectivity index (χ0) is 24.9.